The van der Waals surface area contributed by atoms with E-state index in [0.29, 0.717) is 48.8 Å². The van der Waals surface area contributed by atoms with Crippen LogP contribution in [0.3, 0.4) is 0 Å². The lowest BCUT2D eigenvalue weighted by Crippen LogP contribution is -2.50. The number of aromatic nitrogens is 5. The molecular weight excluding hydrogens is 529 g/mol. The van der Waals surface area contributed by atoms with Crippen molar-refractivity contribution in [1.82, 2.24) is 28.7 Å². The maximum absolute atomic E-state index is 14.6. The number of nitrogens with zero attached hydrogens (tertiary/aromatic N) is 7. The summed E-state index contributed by atoms with van der Waals surface area (Å²) in [5.41, 5.74) is 1.03. The largest absolute Gasteiger partial charge is 0.480 e. The summed E-state index contributed by atoms with van der Waals surface area (Å²) in [5.74, 6) is -0.155. The van der Waals surface area contributed by atoms with Crippen LogP contribution in [0.25, 0.3) is 22.7 Å². The van der Waals surface area contributed by atoms with Gasteiger partial charge in [0.25, 0.3) is 0 Å². The van der Waals surface area contributed by atoms with E-state index in [4.69, 9.17) is 9.47 Å². The Labute approximate surface area is 239 Å². The second kappa shape index (κ2) is 13.0. The van der Waals surface area contributed by atoms with E-state index in [1.165, 1.54) is 17.6 Å². The standard InChI is InChI=1S/C25H28FN7O4.2C2H6/c1-15-13-32-14-16(12-17(26)21(32)27-15)20-28-19-7-6-18(22(36-5)33(19)23(34)29-20)30-8-10-31(11-9-30)24(35)37-25(2,3)4;2*1-2/h6-7,12-14H,8-11H2,1-5H3;2*1-2H3. The summed E-state index contributed by atoms with van der Waals surface area (Å²) in [6.07, 6.45) is 2.97. The Bertz CT molecular complexity index is 1570. The van der Waals surface area contributed by atoms with Crippen molar-refractivity contribution in [2.24, 2.45) is 0 Å². The van der Waals surface area contributed by atoms with E-state index in [1.54, 1.807) is 34.7 Å². The number of carbonyl (C=O) groups is 1. The molecule has 1 fully saturated rings. The number of piperazine rings is 1. The number of anilines is 1. The number of hydrogen-bond donors (Lipinski definition) is 0. The molecule has 0 bridgehead atoms. The van der Waals surface area contributed by atoms with E-state index in [9.17, 15) is 14.0 Å². The molecule has 1 aliphatic heterocycles. The lowest BCUT2D eigenvalue weighted by atomic mass is 10.2. The Kier molecular flexibility index (Phi) is 9.90. The van der Waals surface area contributed by atoms with Crippen molar-refractivity contribution in [1.29, 1.82) is 0 Å². The molecule has 0 spiro atoms. The first-order valence-corrected chi connectivity index (χ1v) is 13.9. The lowest BCUT2D eigenvalue weighted by molar-refractivity contribution is 0.0240. The molecule has 0 atom stereocenters. The highest BCUT2D eigenvalue weighted by Gasteiger charge is 2.28. The molecule has 1 amide bonds. The summed E-state index contributed by atoms with van der Waals surface area (Å²) in [5, 5.41) is 0. The minimum atomic E-state index is -0.603. The number of ether oxygens (including phenoxy) is 2. The van der Waals surface area contributed by atoms with Gasteiger partial charge in [-0.25, -0.2) is 28.3 Å². The van der Waals surface area contributed by atoms with Gasteiger partial charge in [0.05, 0.1) is 18.5 Å². The summed E-state index contributed by atoms with van der Waals surface area (Å²) in [7, 11) is 1.47. The Morgan fingerprint density at radius 3 is 2.24 bits per heavy atom. The highest BCUT2D eigenvalue weighted by molar-refractivity contribution is 5.69. The number of methoxy groups -OCH3 is 1. The normalized spacial score (nSPS) is 13.3. The van der Waals surface area contributed by atoms with Crippen LogP contribution in [0.4, 0.5) is 14.9 Å². The number of amides is 1. The zero-order chi connectivity index (χ0) is 30.5. The molecule has 11 nitrogen and oxygen atoms in total. The van der Waals surface area contributed by atoms with Crippen molar-refractivity contribution in [2.75, 3.05) is 38.2 Å². The second-order valence-electron chi connectivity index (χ2n) is 9.90. The van der Waals surface area contributed by atoms with Crippen molar-refractivity contribution in [3.63, 3.8) is 0 Å². The molecule has 0 aromatic carbocycles. The predicted molar refractivity (Wildman–Crippen MR) is 157 cm³/mol. The number of rotatable bonds is 3. The molecule has 5 rings (SSSR count). The van der Waals surface area contributed by atoms with E-state index < -0.39 is 17.1 Å². The number of pyridine rings is 2. The molecule has 0 radical (unpaired) electrons. The summed E-state index contributed by atoms with van der Waals surface area (Å²) < 4.78 is 28.5. The summed E-state index contributed by atoms with van der Waals surface area (Å²) >= 11 is 0. The fourth-order valence-corrected chi connectivity index (χ4v) is 4.39. The molecule has 12 heteroatoms. The molecule has 1 saturated heterocycles. The van der Waals surface area contributed by atoms with E-state index in [0.717, 1.165) is 0 Å². The summed E-state index contributed by atoms with van der Waals surface area (Å²) in [6, 6.07) is 4.78. The molecule has 5 heterocycles. The molecule has 4 aromatic heterocycles. The SMILES string of the molecule is CC.CC.COc1c(N2CCN(C(=O)OC(C)(C)C)CC2)ccc2nc(-c3cc(F)c4nc(C)cn4c3)nc(=O)n12. The van der Waals surface area contributed by atoms with Crippen LogP contribution in [0.2, 0.25) is 0 Å². The van der Waals surface area contributed by atoms with Gasteiger partial charge in [0.2, 0.25) is 5.88 Å². The number of hydrogen-bond acceptors (Lipinski definition) is 8. The smallest absolute Gasteiger partial charge is 0.410 e. The molecule has 41 heavy (non-hydrogen) atoms. The zero-order valence-electron chi connectivity index (χ0n) is 25.4. The van der Waals surface area contributed by atoms with E-state index in [2.05, 4.69) is 15.0 Å². The van der Waals surface area contributed by atoms with E-state index in [-0.39, 0.29) is 23.4 Å². The molecular formula is C29H40FN7O4. The second-order valence-corrected chi connectivity index (χ2v) is 9.90. The molecule has 222 valence electrons. The maximum Gasteiger partial charge on any atom is 0.410 e. The van der Waals surface area contributed by atoms with E-state index in [1.807, 2.05) is 59.4 Å². The monoisotopic (exact) mass is 569 g/mol. The third kappa shape index (κ3) is 6.75. The molecule has 0 unspecified atom stereocenters. The Balaban J connectivity index is 0.00000111. The minimum Gasteiger partial charge on any atom is -0.480 e. The minimum absolute atomic E-state index is 0.0953. The molecule has 0 N–H and O–H groups in total. The Morgan fingerprint density at radius 2 is 1.63 bits per heavy atom. The number of carbonyl (C=O) groups excluding carboxylic acids is 1. The summed E-state index contributed by atoms with van der Waals surface area (Å²) in [6.45, 7) is 17.2. The van der Waals surface area contributed by atoms with Gasteiger partial charge in [-0.3, -0.25) is 0 Å². The molecule has 1 aliphatic rings. The third-order valence-electron chi connectivity index (χ3n) is 6.01. The fourth-order valence-electron chi connectivity index (χ4n) is 4.39. The quantitative estimate of drug-likeness (QED) is 0.341. The van der Waals surface area contributed by atoms with Gasteiger partial charge >= 0.3 is 11.8 Å². The molecule has 0 aliphatic carbocycles. The van der Waals surface area contributed by atoms with Crippen LogP contribution in [0.15, 0.2) is 35.4 Å². The van der Waals surface area contributed by atoms with Gasteiger partial charge in [-0.15, -0.1) is 0 Å². The van der Waals surface area contributed by atoms with Crippen LogP contribution in [-0.4, -0.2) is 73.6 Å². The average molecular weight is 570 g/mol. The van der Waals surface area contributed by atoms with Gasteiger partial charge < -0.3 is 23.7 Å². The van der Waals surface area contributed by atoms with Gasteiger partial charge in [0.1, 0.15) is 11.2 Å². The topological polar surface area (TPSA) is 107 Å². The summed E-state index contributed by atoms with van der Waals surface area (Å²) in [4.78, 5) is 42.0. The van der Waals surface area contributed by atoms with Crippen molar-refractivity contribution in [3.8, 4) is 17.3 Å². The first-order valence-electron chi connectivity index (χ1n) is 13.9. The Hall–Kier alpha value is -4.22. The highest BCUT2D eigenvalue weighted by Crippen LogP contribution is 2.30. The van der Waals surface area contributed by atoms with Gasteiger partial charge in [-0.1, -0.05) is 27.7 Å². The maximum atomic E-state index is 14.6. The number of imidazole rings is 1. The van der Waals surface area contributed by atoms with E-state index >= 15 is 0 Å². The zero-order valence-corrected chi connectivity index (χ0v) is 25.4. The lowest BCUT2D eigenvalue weighted by Gasteiger charge is -2.37. The average Bonchev–Trinajstić information content (AvgIpc) is 3.34. The van der Waals surface area contributed by atoms with Crippen LogP contribution < -0.4 is 15.3 Å². The van der Waals surface area contributed by atoms with Gasteiger partial charge in [0, 0.05) is 44.1 Å². The van der Waals surface area contributed by atoms with Gasteiger partial charge in [0.15, 0.2) is 17.3 Å². The Morgan fingerprint density at radius 1 is 0.976 bits per heavy atom. The number of aryl methyl sites for hydroxylation is 1. The first kappa shape index (κ1) is 31.3. The number of fused-ring (bicyclic) bond motifs is 2. The van der Waals surface area contributed by atoms with Crippen LogP contribution in [0.1, 0.15) is 54.2 Å². The molecule has 4 aromatic rings. The van der Waals surface area contributed by atoms with Gasteiger partial charge in [-0.05, 0) is 45.9 Å². The van der Waals surface area contributed by atoms with Crippen LogP contribution >= 0.6 is 0 Å². The van der Waals surface area contributed by atoms with Crippen molar-refractivity contribution >= 4 is 23.1 Å². The van der Waals surface area contributed by atoms with Crippen LogP contribution in [-0.2, 0) is 4.74 Å². The molecule has 0 saturated carbocycles. The first-order chi connectivity index (χ1) is 19.5. The van der Waals surface area contributed by atoms with Gasteiger partial charge in [-0.2, -0.15) is 4.98 Å². The van der Waals surface area contributed by atoms with Crippen LogP contribution in [0, 0.1) is 12.7 Å². The van der Waals surface area contributed by atoms with Crippen molar-refractivity contribution < 1.29 is 18.7 Å². The van der Waals surface area contributed by atoms with Crippen molar-refractivity contribution in [2.45, 2.75) is 61.0 Å². The fraction of sp³-hybridized carbons (Fsp3) is 0.483. The third-order valence-corrected chi connectivity index (χ3v) is 6.01. The van der Waals surface area contributed by atoms with Crippen molar-refractivity contribution in [3.05, 3.63) is 52.6 Å². The highest BCUT2D eigenvalue weighted by atomic mass is 19.1. The number of halogens is 1. The van der Waals surface area contributed by atoms with Crippen LogP contribution in [0.5, 0.6) is 5.88 Å². The predicted octanol–water partition coefficient (Wildman–Crippen LogP) is 4.97.